The molecule has 2 unspecified atom stereocenters. The Morgan fingerprint density at radius 1 is 1.22 bits per heavy atom. The van der Waals surface area contributed by atoms with Crippen molar-refractivity contribution in [3.63, 3.8) is 0 Å². The quantitative estimate of drug-likeness (QED) is 0.563. The fourth-order valence-electron chi connectivity index (χ4n) is 5.75. The van der Waals surface area contributed by atoms with Crippen LogP contribution in [0, 0.1) is 23.1 Å². The van der Waals surface area contributed by atoms with Crippen molar-refractivity contribution in [1.82, 2.24) is 4.90 Å². The largest absolute Gasteiger partial charge is 0.455 e. The van der Waals surface area contributed by atoms with Gasteiger partial charge in [-0.05, 0) is 56.4 Å². The molecule has 0 spiro atoms. The summed E-state index contributed by atoms with van der Waals surface area (Å²) in [6, 6.07) is 6.34. The van der Waals surface area contributed by atoms with Crippen LogP contribution in [0.3, 0.4) is 0 Å². The van der Waals surface area contributed by atoms with E-state index in [1.165, 1.54) is 11.0 Å². The van der Waals surface area contributed by atoms with Gasteiger partial charge in [0.2, 0.25) is 0 Å². The van der Waals surface area contributed by atoms with E-state index in [-0.39, 0.29) is 35.7 Å². The first kappa shape index (κ1) is 18.7. The number of alkyl halides is 1. The number of nitrogens with zero attached hydrogens (tertiary/aromatic N) is 1. The van der Waals surface area contributed by atoms with Gasteiger partial charge in [-0.3, -0.25) is 9.59 Å². The van der Waals surface area contributed by atoms with Crippen LogP contribution in [-0.4, -0.2) is 35.3 Å². The highest BCUT2D eigenvalue weighted by atomic mass is 35.5. The SMILES string of the molecule is CN(Cc1ccccc1F)C(=O)COC(=O)C12C[C@@H]3C[C@@H](CC(Cl)(C3)C1)C2. The highest BCUT2D eigenvalue weighted by molar-refractivity contribution is 6.24. The molecule has 4 saturated carbocycles. The lowest BCUT2D eigenvalue weighted by molar-refractivity contribution is -0.173. The second-order valence-corrected chi connectivity index (χ2v) is 9.61. The van der Waals surface area contributed by atoms with Crippen molar-refractivity contribution in [3.05, 3.63) is 35.6 Å². The standard InChI is InChI=1S/C21H25ClFNO3/c1-24(11-16-4-2-3-5-17(16)23)18(25)12-27-19(26)20-7-14-6-15(8-20)10-21(22,9-14)13-20/h2-5,14-15H,6-13H2,1H3/t14-,15+,20?,21?. The molecule has 0 saturated heterocycles. The fourth-order valence-corrected chi connectivity index (χ4v) is 6.44. The third kappa shape index (κ3) is 3.58. The number of rotatable bonds is 5. The lowest BCUT2D eigenvalue weighted by atomic mass is 9.49. The van der Waals surface area contributed by atoms with Crippen molar-refractivity contribution >= 4 is 23.5 Å². The summed E-state index contributed by atoms with van der Waals surface area (Å²) in [4.78, 5) is 26.3. The van der Waals surface area contributed by atoms with E-state index in [0.29, 0.717) is 23.8 Å². The molecule has 0 N–H and O–H groups in total. The average Bonchev–Trinajstić information content (AvgIpc) is 2.59. The van der Waals surface area contributed by atoms with Crippen molar-refractivity contribution in [2.45, 2.75) is 49.9 Å². The van der Waals surface area contributed by atoms with Crippen molar-refractivity contribution in [3.8, 4) is 0 Å². The van der Waals surface area contributed by atoms with E-state index in [1.54, 1.807) is 25.2 Å². The number of halogens is 2. The summed E-state index contributed by atoms with van der Waals surface area (Å²) in [6.07, 6.45) is 5.46. The van der Waals surface area contributed by atoms with Crippen LogP contribution in [0.5, 0.6) is 0 Å². The van der Waals surface area contributed by atoms with E-state index in [2.05, 4.69) is 0 Å². The molecular formula is C21H25ClFNO3. The monoisotopic (exact) mass is 393 g/mol. The van der Waals surface area contributed by atoms with Crippen LogP contribution >= 0.6 is 11.6 Å². The zero-order valence-electron chi connectivity index (χ0n) is 15.5. The van der Waals surface area contributed by atoms with Crippen molar-refractivity contribution in [2.75, 3.05) is 13.7 Å². The summed E-state index contributed by atoms with van der Waals surface area (Å²) in [5.74, 6) is 0.0211. The summed E-state index contributed by atoms with van der Waals surface area (Å²) in [5, 5.41) is 0. The molecule has 1 aromatic carbocycles. The number of carbonyl (C=O) groups is 2. The van der Waals surface area contributed by atoms with Gasteiger partial charge >= 0.3 is 5.97 Å². The number of amides is 1. The van der Waals surface area contributed by atoms with Crippen LogP contribution in [0.2, 0.25) is 0 Å². The Morgan fingerprint density at radius 2 is 1.89 bits per heavy atom. The predicted molar refractivity (Wildman–Crippen MR) is 99.5 cm³/mol. The van der Waals surface area contributed by atoms with Crippen LogP contribution < -0.4 is 0 Å². The van der Waals surface area contributed by atoms with Crippen LogP contribution in [-0.2, 0) is 20.9 Å². The molecule has 4 atom stereocenters. The topological polar surface area (TPSA) is 46.6 Å². The second kappa shape index (κ2) is 6.77. The number of hydrogen-bond donors (Lipinski definition) is 0. The first-order valence-electron chi connectivity index (χ1n) is 9.62. The molecule has 4 bridgehead atoms. The number of hydrogen-bond acceptors (Lipinski definition) is 3. The van der Waals surface area contributed by atoms with Gasteiger partial charge in [-0.15, -0.1) is 11.6 Å². The Kier molecular flexibility index (Phi) is 4.69. The summed E-state index contributed by atoms with van der Waals surface area (Å²) in [7, 11) is 1.58. The van der Waals surface area contributed by atoms with E-state index >= 15 is 0 Å². The summed E-state index contributed by atoms with van der Waals surface area (Å²) < 4.78 is 19.2. The Bertz CT molecular complexity index is 754. The molecule has 27 heavy (non-hydrogen) atoms. The van der Waals surface area contributed by atoms with Gasteiger partial charge in [0.05, 0.1) is 5.41 Å². The number of carbonyl (C=O) groups excluding carboxylic acids is 2. The summed E-state index contributed by atoms with van der Waals surface area (Å²) in [5.41, 5.74) is -0.0826. The molecule has 1 amide bonds. The van der Waals surface area contributed by atoms with E-state index < -0.39 is 5.41 Å². The molecule has 4 fully saturated rings. The molecule has 5 rings (SSSR count). The van der Waals surface area contributed by atoms with E-state index in [4.69, 9.17) is 16.3 Å². The van der Waals surface area contributed by atoms with E-state index in [1.807, 2.05) is 0 Å². The van der Waals surface area contributed by atoms with Crippen molar-refractivity contribution in [1.29, 1.82) is 0 Å². The summed E-state index contributed by atoms with van der Waals surface area (Å²) >= 11 is 6.76. The smallest absolute Gasteiger partial charge is 0.312 e. The molecule has 0 radical (unpaired) electrons. The third-order valence-electron chi connectivity index (χ3n) is 6.54. The maximum atomic E-state index is 13.8. The van der Waals surface area contributed by atoms with Crippen LogP contribution in [0.1, 0.15) is 44.1 Å². The molecule has 4 nitrogen and oxygen atoms in total. The van der Waals surface area contributed by atoms with E-state index in [9.17, 15) is 14.0 Å². The number of likely N-dealkylation sites (N-methyl/N-ethyl adjacent to an activating group) is 1. The van der Waals surface area contributed by atoms with Crippen molar-refractivity contribution in [2.24, 2.45) is 17.3 Å². The molecule has 0 heterocycles. The Labute approximate surface area is 164 Å². The highest BCUT2D eigenvalue weighted by Crippen LogP contribution is 2.64. The van der Waals surface area contributed by atoms with Gasteiger partial charge in [0.25, 0.3) is 5.91 Å². The number of benzene rings is 1. The normalized spacial score (nSPS) is 33.7. The molecular weight excluding hydrogens is 369 g/mol. The maximum Gasteiger partial charge on any atom is 0.312 e. The van der Waals surface area contributed by atoms with Gasteiger partial charge in [-0.1, -0.05) is 18.2 Å². The van der Waals surface area contributed by atoms with Gasteiger partial charge in [-0.25, -0.2) is 4.39 Å². The Balaban J connectivity index is 1.35. The minimum atomic E-state index is -0.518. The lowest BCUT2D eigenvalue weighted by Gasteiger charge is -2.58. The molecule has 0 aromatic heterocycles. The third-order valence-corrected chi connectivity index (χ3v) is 6.98. The summed E-state index contributed by atoms with van der Waals surface area (Å²) in [6.45, 7) is -0.167. The van der Waals surface area contributed by atoms with Gasteiger partial charge in [-0.2, -0.15) is 0 Å². The molecule has 1 aromatic rings. The molecule has 0 aliphatic heterocycles. The minimum Gasteiger partial charge on any atom is -0.455 e. The molecule has 4 aliphatic rings. The highest BCUT2D eigenvalue weighted by Gasteiger charge is 2.60. The first-order chi connectivity index (χ1) is 12.8. The number of esters is 1. The second-order valence-electron chi connectivity index (χ2n) is 8.81. The zero-order chi connectivity index (χ0) is 19.2. The minimum absolute atomic E-state index is 0.142. The van der Waals surface area contributed by atoms with Gasteiger partial charge in [0, 0.05) is 24.0 Å². The Hall–Kier alpha value is -1.62. The first-order valence-corrected chi connectivity index (χ1v) is 10.00. The van der Waals surface area contributed by atoms with Crippen LogP contribution in [0.25, 0.3) is 0 Å². The van der Waals surface area contributed by atoms with Gasteiger partial charge in [0.1, 0.15) is 5.82 Å². The van der Waals surface area contributed by atoms with Crippen LogP contribution in [0.15, 0.2) is 24.3 Å². The van der Waals surface area contributed by atoms with Gasteiger partial charge < -0.3 is 9.64 Å². The fraction of sp³-hybridized carbons (Fsp3) is 0.619. The van der Waals surface area contributed by atoms with Crippen molar-refractivity contribution < 1.29 is 18.7 Å². The molecule has 146 valence electrons. The molecule has 6 heteroatoms. The average molecular weight is 394 g/mol. The Morgan fingerprint density at radius 3 is 2.52 bits per heavy atom. The molecule has 4 aliphatic carbocycles. The maximum absolute atomic E-state index is 13.8. The zero-order valence-corrected chi connectivity index (χ0v) is 16.3. The van der Waals surface area contributed by atoms with Gasteiger partial charge in [0.15, 0.2) is 6.61 Å². The lowest BCUT2D eigenvalue weighted by Crippen LogP contribution is -2.56. The van der Waals surface area contributed by atoms with Crippen LogP contribution in [0.4, 0.5) is 4.39 Å². The number of ether oxygens (including phenoxy) is 1. The predicted octanol–water partition coefficient (Wildman–Crippen LogP) is 3.91. The van der Waals surface area contributed by atoms with E-state index in [0.717, 1.165) is 32.1 Å².